The topological polar surface area (TPSA) is 51.5 Å². The van der Waals surface area contributed by atoms with Crippen LogP contribution in [0.4, 0.5) is 5.82 Å². The largest absolute Gasteiger partial charge is 0.370 e. The highest BCUT2D eigenvalue weighted by molar-refractivity contribution is 7.19. The number of aromatic nitrogens is 2. The molecule has 1 aliphatic heterocycles. The highest BCUT2D eigenvalue weighted by atomic mass is 32.1. The maximum atomic E-state index is 5.45. The van der Waals surface area contributed by atoms with E-state index in [1.807, 2.05) is 11.3 Å². The molecule has 1 aromatic carbocycles. The lowest BCUT2D eigenvalue weighted by atomic mass is 9.97. The van der Waals surface area contributed by atoms with Gasteiger partial charge < -0.3 is 15.0 Å². The predicted molar refractivity (Wildman–Crippen MR) is 113 cm³/mol. The van der Waals surface area contributed by atoms with E-state index in [1.54, 1.807) is 11.2 Å². The van der Waals surface area contributed by atoms with E-state index in [1.165, 1.54) is 46.2 Å². The Balaban J connectivity index is 1.28. The molecule has 1 saturated heterocycles. The third-order valence-electron chi connectivity index (χ3n) is 5.89. The van der Waals surface area contributed by atoms with E-state index in [4.69, 9.17) is 4.74 Å². The fourth-order valence-electron chi connectivity index (χ4n) is 4.31. The van der Waals surface area contributed by atoms with Crippen LogP contribution in [0.2, 0.25) is 0 Å². The van der Waals surface area contributed by atoms with Gasteiger partial charge in [-0.05, 0) is 36.8 Å². The number of thiophene rings is 1. The van der Waals surface area contributed by atoms with Crippen molar-refractivity contribution in [3.63, 3.8) is 0 Å². The maximum absolute atomic E-state index is 5.45. The molecule has 5 rings (SSSR count). The number of ether oxygens (including phenoxy) is 1. The molecule has 0 bridgehead atoms. The van der Waals surface area contributed by atoms with Crippen molar-refractivity contribution in [1.29, 1.82) is 0 Å². The molecule has 3 heterocycles. The van der Waals surface area contributed by atoms with Crippen molar-refractivity contribution in [3.8, 4) is 0 Å². The number of morpholine rings is 1. The zero-order chi connectivity index (χ0) is 18.8. The molecule has 0 amide bonds. The highest BCUT2D eigenvalue weighted by Gasteiger charge is 2.19. The average Bonchev–Trinajstić information content (AvgIpc) is 3.13. The Labute approximate surface area is 169 Å². The lowest BCUT2D eigenvalue weighted by molar-refractivity contribution is -0.921. The second kappa shape index (κ2) is 8.15. The van der Waals surface area contributed by atoms with Gasteiger partial charge in [-0.15, -0.1) is 11.3 Å². The van der Waals surface area contributed by atoms with Gasteiger partial charge in [0.2, 0.25) is 0 Å². The second-order valence-corrected chi connectivity index (χ2v) is 8.91. The minimum absolute atomic E-state index is 0.793. The summed E-state index contributed by atoms with van der Waals surface area (Å²) in [6.45, 7) is 5.87. The van der Waals surface area contributed by atoms with E-state index >= 15 is 0 Å². The van der Waals surface area contributed by atoms with Crippen molar-refractivity contribution in [2.24, 2.45) is 0 Å². The molecule has 6 heteroatoms. The summed E-state index contributed by atoms with van der Waals surface area (Å²) in [6, 6.07) is 9.01. The van der Waals surface area contributed by atoms with Gasteiger partial charge in [-0.25, -0.2) is 9.97 Å². The zero-order valence-electron chi connectivity index (χ0n) is 16.2. The first-order valence-corrected chi connectivity index (χ1v) is 11.2. The fourth-order valence-corrected chi connectivity index (χ4v) is 5.54. The van der Waals surface area contributed by atoms with Crippen LogP contribution in [-0.4, -0.2) is 36.3 Å². The number of benzene rings is 1. The molecule has 0 saturated carbocycles. The predicted octanol–water partition coefficient (Wildman–Crippen LogP) is 2.60. The van der Waals surface area contributed by atoms with Crippen LogP contribution in [0.5, 0.6) is 0 Å². The Morgan fingerprint density at radius 1 is 1.00 bits per heavy atom. The summed E-state index contributed by atoms with van der Waals surface area (Å²) >= 11 is 1.85. The first-order chi connectivity index (χ1) is 13.9. The molecule has 1 fully saturated rings. The van der Waals surface area contributed by atoms with Gasteiger partial charge in [-0.1, -0.05) is 24.3 Å². The van der Waals surface area contributed by atoms with Crippen molar-refractivity contribution in [1.82, 2.24) is 9.97 Å². The Bertz CT molecular complexity index is 947. The van der Waals surface area contributed by atoms with Crippen molar-refractivity contribution in [3.05, 3.63) is 52.2 Å². The minimum Gasteiger partial charge on any atom is -0.370 e. The normalized spacial score (nSPS) is 17.6. The number of quaternary nitrogens is 1. The number of hydrogen-bond donors (Lipinski definition) is 2. The monoisotopic (exact) mass is 395 g/mol. The van der Waals surface area contributed by atoms with Gasteiger partial charge in [0.15, 0.2) is 0 Å². The van der Waals surface area contributed by atoms with Crippen LogP contribution in [-0.2, 0) is 30.7 Å². The summed E-state index contributed by atoms with van der Waals surface area (Å²) in [5.41, 5.74) is 4.17. The van der Waals surface area contributed by atoms with E-state index < -0.39 is 0 Å². The molecule has 1 aliphatic carbocycles. The minimum atomic E-state index is 0.793. The molecule has 2 aliphatic rings. The summed E-state index contributed by atoms with van der Waals surface area (Å²) < 4.78 is 5.45. The molecular formula is C22H27N4OS+. The average molecular weight is 396 g/mol. The summed E-state index contributed by atoms with van der Waals surface area (Å²) in [5.74, 6) is 0.992. The first-order valence-electron chi connectivity index (χ1n) is 10.3. The highest BCUT2D eigenvalue weighted by Crippen LogP contribution is 2.38. The van der Waals surface area contributed by atoms with Crippen LogP contribution in [0.15, 0.2) is 30.6 Å². The van der Waals surface area contributed by atoms with Gasteiger partial charge in [-0.2, -0.15) is 0 Å². The molecule has 28 heavy (non-hydrogen) atoms. The van der Waals surface area contributed by atoms with Crippen LogP contribution in [0.1, 0.15) is 34.4 Å². The molecule has 3 aromatic rings. The van der Waals surface area contributed by atoms with Gasteiger partial charge in [0.05, 0.1) is 18.6 Å². The van der Waals surface area contributed by atoms with Crippen LogP contribution >= 0.6 is 11.3 Å². The van der Waals surface area contributed by atoms with E-state index in [2.05, 4.69) is 39.6 Å². The maximum Gasteiger partial charge on any atom is 0.138 e. The van der Waals surface area contributed by atoms with Gasteiger partial charge in [0.25, 0.3) is 0 Å². The first kappa shape index (κ1) is 18.0. The summed E-state index contributed by atoms with van der Waals surface area (Å²) in [5, 5.41) is 4.83. The molecule has 2 N–H and O–H groups in total. The number of nitrogens with zero attached hydrogens (tertiary/aromatic N) is 2. The molecule has 0 unspecified atom stereocenters. The Morgan fingerprint density at radius 2 is 1.79 bits per heavy atom. The number of anilines is 1. The quantitative estimate of drug-likeness (QED) is 0.697. The van der Waals surface area contributed by atoms with Crippen LogP contribution < -0.4 is 10.2 Å². The van der Waals surface area contributed by atoms with Crippen LogP contribution in [0.3, 0.4) is 0 Å². The number of aryl methyl sites for hydroxylation is 2. The molecule has 5 nitrogen and oxygen atoms in total. The number of fused-ring (bicyclic) bond motifs is 3. The summed E-state index contributed by atoms with van der Waals surface area (Å²) in [7, 11) is 0. The van der Waals surface area contributed by atoms with E-state index in [0.29, 0.717) is 0 Å². The van der Waals surface area contributed by atoms with Crippen LogP contribution in [0, 0.1) is 0 Å². The van der Waals surface area contributed by atoms with Gasteiger partial charge >= 0.3 is 0 Å². The third-order valence-corrected chi connectivity index (χ3v) is 7.09. The number of nitrogens with one attached hydrogen (secondary N) is 2. The number of rotatable bonds is 5. The van der Waals surface area contributed by atoms with E-state index in [0.717, 1.165) is 56.5 Å². The molecule has 0 radical (unpaired) electrons. The fraction of sp³-hybridized carbons (Fsp3) is 0.455. The smallest absolute Gasteiger partial charge is 0.138 e. The standard InChI is InChI=1S/C22H26N4OS/c1-2-4-19-18(3-1)20-21(24-15-25-22(20)28-19)23-13-16-5-7-17(8-6-16)14-26-9-11-27-12-10-26/h5-8,15H,1-4,9-14H2,(H,23,24,25)/p+1. The van der Waals surface area contributed by atoms with Crippen molar-refractivity contribution in [2.45, 2.75) is 38.8 Å². The van der Waals surface area contributed by atoms with Crippen molar-refractivity contribution >= 4 is 27.4 Å². The molecule has 0 spiro atoms. The summed E-state index contributed by atoms with van der Waals surface area (Å²) in [4.78, 5) is 13.4. The SMILES string of the molecule is c1nc(NCc2ccc(C[NH+]3CCOCC3)cc2)c2c3c(sc2n1)CCCC3. The molecular weight excluding hydrogens is 368 g/mol. The van der Waals surface area contributed by atoms with Gasteiger partial charge in [0.1, 0.15) is 36.6 Å². The van der Waals surface area contributed by atoms with Crippen molar-refractivity contribution < 1.29 is 9.64 Å². The third kappa shape index (κ3) is 3.77. The van der Waals surface area contributed by atoms with Crippen LogP contribution in [0.25, 0.3) is 10.2 Å². The second-order valence-electron chi connectivity index (χ2n) is 7.82. The Hall–Kier alpha value is -2.02. The van der Waals surface area contributed by atoms with Gasteiger partial charge in [-0.3, -0.25) is 0 Å². The molecule has 2 aromatic heterocycles. The van der Waals surface area contributed by atoms with E-state index in [-0.39, 0.29) is 0 Å². The Kier molecular flexibility index (Phi) is 5.25. The lowest BCUT2D eigenvalue weighted by Gasteiger charge is -2.23. The lowest BCUT2D eigenvalue weighted by Crippen LogP contribution is -3.12. The van der Waals surface area contributed by atoms with Gasteiger partial charge in [0, 0.05) is 17.0 Å². The van der Waals surface area contributed by atoms with Crippen molar-refractivity contribution in [2.75, 3.05) is 31.6 Å². The zero-order valence-corrected chi connectivity index (χ0v) is 17.0. The van der Waals surface area contributed by atoms with E-state index in [9.17, 15) is 0 Å². The molecule has 146 valence electrons. The Morgan fingerprint density at radius 3 is 2.64 bits per heavy atom. The molecule has 0 atom stereocenters. The summed E-state index contributed by atoms with van der Waals surface area (Å²) in [6.07, 6.45) is 6.63. The number of hydrogen-bond acceptors (Lipinski definition) is 5.